The number of aromatic nitrogens is 3. The maximum atomic E-state index is 12.9. The van der Waals surface area contributed by atoms with E-state index in [1.165, 1.54) is 0 Å². The Morgan fingerprint density at radius 1 is 1.26 bits per heavy atom. The first-order valence-electron chi connectivity index (χ1n) is 8.74. The molecule has 0 bridgehead atoms. The number of thioether (sulfide) groups is 1. The first-order valence-corrected chi connectivity index (χ1v) is 9.73. The summed E-state index contributed by atoms with van der Waals surface area (Å²) in [6.07, 6.45) is 0.492. The number of nitrogens with one attached hydrogen (secondary N) is 1. The molecule has 3 N–H and O–H groups in total. The second kappa shape index (κ2) is 9.40. The van der Waals surface area contributed by atoms with E-state index >= 15 is 0 Å². The summed E-state index contributed by atoms with van der Waals surface area (Å²) in [5.74, 6) is -0.367. The number of anilines is 2. The molecule has 0 saturated heterocycles. The van der Waals surface area contributed by atoms with Crippen molar-refractivity contribution in [3.8, 4) is 0 Å². The third-order valence-corrected chi connectivity index (χ3v) is 4.96. The highest BCUT2D eigenvalue weighted by Crippen LogP contribution is 2.27. The van der Waals surface area contributed by atoms with E-state index in [4.69, 9.17) is 10.5 Å². The second-order valence-corrected chi connectivity index (χ2v) is 6.93. The number of para-hydroxylation sites is 1. The van der Waals surface area contributed by atoms with Gasteiger partial charge in [-0.05, 0) is 38.3 Å². The van der Waals surface area contributed by atoms with Crippen LogP contribution in [0.2, 0.25) is 0 Å². The molecular weight excluding hydrogens is 366 g/mol. The van der Waals surface area contributed by atoms with Crippen molar-refractivity contribution in [1.82, 2.24) is 14.8 Å². The van der Waals surface area contributed by atoms with Gasteiger partial charge in [-0.1, -0.05) is 36.9 Å². The van der Waals surface area contributed by atoms with Gasteiger partial charge in [-0.25, -0.2) is 0 Å². The highest BCUT2D eigenvalue weighted by Gasteiger charge is 2.26. The van der Waals surface area contributed by atoms with Gasteiger partial charge in [-0.15, -0.1) is 10.2 Å². The SMILES string of the molecule is CCOC(=O)CSc1nnc(N)n1C(CC)C(=O)Nc1c(C)cccc1C. The van der Waals surface area contributed by atoms with Crippen molar-refractivity contribution in [2.45, 2.75) is 45.3 Å². The van der Waals surface area contributed by atoms with Crippen LogP contribution in [0.15, 0.2) is 23.4 Å². The van der Waals surface area contributed by atoms with Crippen molar-refractivity contribution in [2.75, 3.05) is 23.4 Å². The molecule has 0 radical (unpaired) electrons. The number of esters is 1. The Hall–Kier alpha value is -2.55. The van der Waals surface area contributed by atoms with E-state index in [0.29, 0.717) is 18.2 Å². The van der Waals surface area contributed by atoms with Gasteiger partial charge >= 0.3 is 5.97 Å². The molecule has 1 aromatic carbocycles. The highest BCUT2D eigenvalue weighted by molar-refractivity contribution is 7.99. The average Bonchev–Trinajstić information content (AvgIpc) is 2.98. The largest absolute Gasteiger partial charge is 0.465 e. The minimum Gasteiger partial charge on any atom is -0.465 e. The normalized spacial score (nSPS) is 11.9. The van der Waals surface area contributed by atoms with Crippen molar-refractivity contribution in [3.63, 3.8) is 0 Å². The molecule has 8 nitrogen and oxygen atoms in total. The van der Waals surface area contributed by atoms with Crippen LogP contribution in [0.5, 0.6) is 0 Å². The molecule has 0 fully saturated rings. The maximum absolute atomic E-state index is 12.9. The molecule has 2 aromatic rings. The van der Waals surface area contributed by atoms with Crippen LogP contribution in [0, 0.1) is 13.8 Å². The standard InChI is InChI=1S/C18H25N5O3S/c1-5-13(16(25)20-15-11(3)8-7-9-12(15)4)23-17(19)21-22-18(23)27-10-14(24)26-6-2/h7-9,13H,5-6,10H2,1-4H3,(H2,19,21)(H,20,25). The Morgan fingerprint density at radius 2 is 1.93 bits per heavy atom. The Morgan fingerprint density at radius 3 is 2.52 bits per heavy atom. The van der Waals surface area contributed by atoms with Crippen molar-refractivity contribution in [2.24, 2.45) is 0 Å². The lowest BCUT2D eigenvalue weighted by molar-refractivity contribution is -0.139. The number of benzene rings is 1. The summed E-state index contributed by atoms with van der Waals surface area (Å²) < 4.78 is 6.48. The molecular formula is C18H25N5O3S. The van der Waals surface area contributed by atoms with Gasteiger partial charge in [-0.3, -0.25) is 14.2 Å². The predicted octanol–water partition coefficient (Wildman–Crippen LogP) is 2.72. The summed E-state index contributed by atoms with van der Waals surface area (Å²) in [5.41, 5.74) is 8.70. The summed E-state index contributed by atoms with van der Waals surface area (Å²) in [4.78, 5) is 24.6. The Balaban J connectivity index is 2.22. The molecule has 2 rings (SSSR count). The lowest BCUT2D eigenvalue weighted by Crippen LogP contribution is -2.27. The fourth-order valence-electron chi connectivity index (χ4n) is 2.71. The van der Waals surface area contributed by atoms with E-state index in [1.54, 1.807) is 11.5 Å². The van der Waals surface area contributed by atoms with Gasteiger partial charge in [0.2, 0.25) is 11.9 Å². The molecule has 0 saturated carbocycles. The highest BCUT2D eigenvalue weighted by atomic mass is 32.2. The Bertz CT molecular complexity index is 801. The van der Waals surface area contributed by atoms with Crippen LogP contribution in [0.25, 0.3) is 0 Å². The Labute approximate surface area is 162 Å². The first kappa shape index (κ1) is 20.8. The van der Waals surface area contributed by atoms with E-state index in [-0.39, 0.29) is 23.6 Å². The molecule has 27 heavy (non-hydrogen) atoms. The number of hydrogen-bond acceptors (Lipinski definition) is 7. The van der Waals surface area contributed by atoms with Crippen molar-refractivity contribution in [3.05, 3.63) is 29.3 Å². The molecule has 0 aliphatic carbocycles. The average molecular weight is 391 g/mol. The minimum absolute atomic E-state index is 0.0704. The summed E-state index contributed by atoms with van der Waals surface area (Å²) >= 11 is 1.14. The zero-order valence-electron chi connectivity index (χ0n) is 16.0. The van der Waals surface area contributed by atoms with E-state index in [2.05, 4.69) is 15.5 Å². The van der Waals surface area contributed by atoms with E-state index in [1.807, 2.05) is 39.0 Å². The zero-order chi connectivity index (χ0) is 20.0. The molecule has 1 amide bonds. The molecule has 0 aliphatic heterocycles. The lowest BCUT2D eigenvalue weighted by atomic mass is 10.1. The van der Waals surface area contributed by atoms with E-state index in [0.717, 1.165) is 28.6 Å². The number of nitrogen functional groups attached to an aromatic ring is 1. The molecule has 9 heteroatoms. The fourth-order valence-corrected chi connectivity index (χ4v) is 3.50. The van der Waals surface area contributed by atoms with Crippen molar-refractivity contribution < 1.29 is 14.3 Å². The number of carbonyl (C=O) groups excluding carboxylic acids is 2. The molecule has 1 unspecified atom stereocenters. The van der Waals surface area contributed by atoms with Crippen molar-refractivity contribution >= 4 is 35.3 Å². The third kappa shape index (κ3) is 5.00. The van der Waals surface area contributed by atoms with Crippen LogP contribution < -0.4 is 11.1 Å². The third-order valence-electron chi connectivity index (χ3n) is 4.05. The number of carbonyl (C=O) groups is 2. The van der Waals surface area contributed by atoms with Crippen LogP contribution in [0.1, 0.15) is 37.4 Å². The van der Waals surface area contributed by atoms with Gasteiger partial charge in [-0.2, -0.15) is 0 Å². The van der Waals surface area contributed by atoms with Crippen LogP contribution in [0.4, 0.5) is 11.6 Å². The van der Waals surface area contributed by atoms with Gasteiger partial charge in [0.15, 0.2) is 5.16 Å². The molecule has 1 atom stereocenters. The molecule has 1 aromatic heterocycles. The van der Waals surface area contributed by atoms with Gasteiger partial charge < -0.3 is 15.8 Å². The maximum Gasteiger partial charge on any atom is 0.316 e. The van der Waals surface area contributed by atoms with Crippen molar-refractivity contribution in [1.29, 1.82) is 0 Å². The number of nitrogens with two attached hydrogens (primary N) is 1. The molecule has 146 valence electrons. The van der Waals surface area contributed by atoms with Crippen LogP contribution in [-0.4, -0.2) is 39.0 Å². The zero-order valence-corrected chi connectivity index (χ0v) is 16.8. The summed E-state index contributed by atoms with van der Waals surface area (Å²) in [6.45, 7) is 7.82. The monoisotopic (exact) mass is 391 g/mol. The number of aryl methyl sites for hydroxylation is 2. The van der Waals surface area contributed by atoms with Gasteiger partial charge in [0.1, 0.15) is 6.04 Å². The number of nitrogens with zero attached hydrogens (tertiary/aromatic N) is 3. The predicted molar refractivity (Wildman–Crippen MR) is 106 cm³/mol. The van der Waals surface area contributed by atoms with Gasteiger partial charge in [0.25, 0.3) is 0 Å². The van der Waals surface area contributed by atoms with E-state index < -0.39 is 6.04 Å². The number of rotatable bonds is 8. The molecule has 0 spiro atoms. The van der Waals surface area contributed by atoms with Crippen LogP contribution in [0.3, 0.4) is 0 Å². The minimum atomic E-state index is -0.594. The fraction of sp³-hybridized carbons (Fsp3) is 0.444. The molecule has 1 heterocycles. The number of hydrogen-bond donors (Lipinski definition) is 2. The topological polar surface area (TPSA) is 112 Å². The smallest absolute Gasteiger partial charge is 0.316 e. The first-order chi connectivity index (χ1) is 12.9. The lowest BCUT2D eigenvalue weighted by Gasteiger charge is -2.20. The number of amides is 1. The second-order valence-electron chi connectivity index (χ2n) is 5.98. The van der Waals surface area contributed by atoms with Crippen LogP contribution >= 0.6 is 11.8 Å². The van der Waals surface area contributed by atoms with Gasteiger partial charge in [0, 0.05) is 5.69 Å². The quantitative estimate of drug-likeness (QED) is 0.525. The van der Waals surface area contributed by atoms with Gasteiger partial charge in [0.05, 0.1) is 12.4 Å². The summed E-state index contributed by atoms with van der Waals surface area (Å²) in [5, 5.41) is 11.3. The summed E-state index contributed by atoms with van der Waals surface area (Å²) in [6, 6.07) is 5.23. The molecule has 0 aliphatic rings. The number of ether oxygens (including phenoxy) is 1. The summed E-state index contributed by atoms with van der Waals surface area (Å²) in [7, 11) is 0. The van der Waals surface area contributed by atoms with E-state index in [9.17, 15) is 9.59 Å². The Kier molecular flexibility index (Phi) is 7.23. The van der Waals surface area contributed by atoms with Crippen LogP contribution in [-0.2, 0) is 14.3 Å².